The summed E-state index contributed by atoms with van der Waals surface area (Å²) in [5, 5.41) is 8.31. The minimum Gasteiger partial charge on any atom is -0.266 e. The molecule has 1 N–H and O–H groups in total. The van der Waals surface area contributed by atoms with E-state index < -0.39 is 11.8 Å². The van der Waals surface area contributed by atoms with E-state index in [1.165, 1.54) is 11.8 Å². The number of thioether (sulfide) groups is 1. The third-order valence-electron chi connectivity index (χ3n) is 3.14. The number of hydroxylamine groups is 2. The maximum absolute atomic E-state index is 12.1. The van der Waals surface area contributed by atoms with Crippen molar-refractivity contribution in [3.05, 3.63) is 41.2 Å². The van der Waals surface area contributed by atoms with Crippen molar-refractivity contribution in [2.45, 2.75) is 18.5 Å². The fourth-order valence-electron chi connectivity index (χ4n) is 2.05. The quantitative estimate of drug-likeness (QED) is 0.495. The zero-order valence-corrected chi connectivity index (χ0v) is 12.7. The minimum atomic E-state index is -0.420. The highest BCUT2D eigenvalue weighted by atomic mass is 32.2. The molecule has 1 aromatic carbocycles. The van der Waals surface area contributed by atoms with Gasteiger partial charge in [0.25, 0.3) is 11.8 Å². The highest BCUT2D eigenvalue weighted by Gasteiger charge is 2.36. The molecule has 0 radical (unpaired) electrons. The standard InChI is InChI=1S/C14H14N4O3S/c1-2-11-15-14(17-16-11)22-8-7-21-18-12(19)9-5-3-4-6-10(9)13(18)20/h3-6H,2,7-8H2,1H3,(H,15,16,17). The lowest BCUT2D eigenvalue weighted by atomic mass is 10.1. The van der Waals surface area contributed by atoms with Crippen LogP contribution in [0.5, 0.6) is 0 Å². The average molecular weight is 318 g/mol. The SMILES string of the molecule is CCc1nc(SCCON2C(=O)c3ccccc3C2=O)n[nH]1. The number of hydrogen-bond acceptors (Lipinski definition) is 6. The number of carbonyl (C=O) groups excluding carboxylic acids is 2. The summed E-state index contributed by atoms with van der Waals surface area (Å²) in [6.07, 6.45) is 0.791. The first kappa shape index (κ1) is 14.7. The van der Waals surface area contributed by atoms with E-state index in [4.69, 9.17) is 4.84 Å². The molecule has 22 heavy (non-hydrogen) atoms. The zero-order chi connectivity index (χ0) is 15.5. The number of benzene rings is 1. The summed E-state index contributed by atoms with van der Waals surface area (Å²) < 4.78 is 0. The van der Waals surface area contributed by atoms with Gasteiger partial charge in [-0.1, -0.05) is 30.8 Å². The van der Waals surface area contributed by atoms with Gasteiger partial charge in [-0.05, 0) is 12.1 Å². The Morgan fingerprint density at radius 2 is 1.91 bits per heavy atom. The molecule has 1 aromatic heterocycles. The molecule has 114 valence electrons. The first-order valence-electron chi connectivity index (χ1n) is 6.85. The van der Waals surface area contributed by atoms with E-state index in [2.05, 4.69) is 15.2 Å². The molecule has 0 atom stereocenters. The number of hydrogen-bond donors (Lipinski definition) is 1. The summed E-state index contributed by atoms with van der Waals surface area (Å²) in [6.45, 7) is 2.20. The van der Waals surface area contributed by atoms with Crippen LogP contribution in [-0.2, 0) is 11.3 Å². The molecule has 0 spiro atoms. The van der Waals surface area contributed by atoms with Gasteiger partial charge >= 0.3 is 0 Å². The third kappa shape index (κ3) is 2.75. The molecule has 1 aliphatic rings. The van der Waals surface area contributed by atoms with Crippen LogP contribution in [0.2, 0.25) is 0 Å². The van der Waals surface area contributed by atoms with Crippen molar-refractivity contribution in [3.63, 3.8) is 0 Å². The molecule has 0 saturated carbocycles. The van der Waals surface area contributed by atoms with Crippen molar-refractivity contribution in [2.24, 2.45) is 0 Å². The summed E-state index contributed by atoms with van der Waals surface area (Å²) in [7, 11) is 0. The number of nitrogens with one attached hydrogen (secondary N) is 1. The molecule has 0 aliphatic carbocycles. The van der Waals surface area contributed by atoms with Gasteiger partial charge in [0.2, 0.25) is 5.16 Å². The highest BCUT2D eigenvalue weighted by Crippen LogP contribution is 2.23. The Morgan fingerprint density at radius 1 is 1.23 bits per heavy atom. The molecule has 7 nitrogen and oxygen atoms in total. The molecular weight excluding hydrogens is 304 g/mol. The van der Waals surface area contributed by atoms with E-state index in [0.717, 1.165) is 17.3 Å². The number of carbonyl (C=O) groups is 2. The van der Waals surface area contributed by atoms with Crippen LogP contribution < -0.4 is 0 Å². The molecule has 0 saturated heterocycles. The lowest BCUT2D eigenvalue weighted by molar-refractivity contribution is -0.0853. The van der Waals surface area contributed by atoms with Gasteiger partial charge in [0.15, 0.2) is 0 Å². The number of fused-ring (bicyclic) bond motifs is 1. The Hall–Kier alpha value is -2.19. The predicted octanol–water partition coefficient (Wildman–Crippen LogP) is 1.69. The van der Waals surface area contributed by atoms with Crippen LogP contribution >= 0.6 is 11.8 Å². The van der Waals surface area contributed by atoms with Gasteiger partial charge < -0.3 is 0 Å². The van der Waals surface area contributed by atoms with Crippen molar-refractivity contribution in [3.8, 4) is 0 Å². The van der Waals surface area contributed by atoms with Crippen LogP contribution in [0.3, 0.4) is 0 Å². The van der Waals surface area contributed by atoms with E-state index >= 15 is 0 Å². The van der Waals surface area contributed by atoms with Crippen LogP contribution in [0.4, 0.5) is 0 Å². The van der Waals surface area contributed by atoms with E-state index in [1.54, 1.807) is 24.3 Å². The lowest BCUT2D eigenvalue weighted by Crippen LogP contribution is -2.30. The summed E-state index contributed by atoms with van der Waals surface area (Å²) in [6, 6.07) is 6.68. The fraction of sp³-hybridized carbons (Fsp3) is 0.286. The molecule has 2 aromatic rings. The van der Waals surface area contributed by atoms with E-state index in [9.17, 15) is 9.59 Å². The second kappa shape index (κ2) is 6.29. The van der Waals surface area contributed by atoms with Gasteiger partial charge in [-0.15, -0.1) is 10.2 Å². The Kier molecular flexibility index (Phi) is 4.21. The van der Waals surface area contributed by atoms with Crippen LogP contribution in [0, 0.1) is 0 Å². The van der Waals surface area contributed by atoms with Crippen LogP contribution in [-0.4, -0.2) is 44.4 Å². The number of H-pyrrole nitrogens is 1. The zero-order valence-electron chi connectivity index (χ0n) is 11.9. The summed E-state index contributed by atoms with van der Waals surface area (Å²) in [5.74, 6) is 0.520. The van der Waals surface area contributed by atoms with E-state index in [0.29, 0.717) is 22.0 Å². The first-order valence-corrected chi connectivity index (χ1v) is 7.84. The minimum absolute atomic E-state index is 0.214. The molecule has 0 fully saturated rings. The molecule has 3 rings (SSSR count). The molecule has 2 heterocycles. The number of amides is 2. The fourth-order valence-corrected chi connectivity index (χ4v) is 2.67. The second-order valence-corrected chi connectivity index (χ2v) is 5.61. The Balaban J connectivity index is 1.52. The van der Waals surface area contributed by atoms with Crippen molar-refractivity contribution in [1.82, 2.24) is 20.2 Å². The highest BCUT2D eigenvalue weighted by molar-refractivity contribution is 7.99. The Morgan fingerprint density at radius 3 is 2.50 bits per heavy atom. The Bertz CT molecular complexity index is 681. The maximum atomic E-state index is 12.1. The monoisotopic (exact) mass is 318 g/mol. The van der Waals surface area contributed by atoms with Crippen molar-refractivity contribution < 1.29 is 14.4 Å². The van der Waals surface area contributed by atoms with Gasteiger partial charge in [-0.2, -0.15) is 0 Å². The van der Waals surface area contributed by atoms with Crippen LogP contribution in [0.25, 0.3) is 0 Å². The summed E-state index contributed by atoms with van der Waals surface area (Å²) in [5.41, 5.74) is 0.753. The van der Waals surface area contributed by atoms with Gasteiger partial charge in [-0.3, -0.25) is 19.5 Å². The maximum Gasteiger partial charge on any atom is 0.285 e. The second-order valence-electron chi connectivity index (χ2n) is 4.55. The van der Waals surface area contributed by atoms with Crippen molar-refractivity contribution in [2.75, 3.05) is 12.4 Å². The molecule has 2 amide bonds. The normalized spacial score (nSPS) is 13.8. The number of rotatable bonds is 6. The third-order valence-corrected chi connectivity index (χ3v) is 3.95. The molecule has 0 bridgehead atoms. The van der Waals surface area contributed by atoms with Gasteiger partial charge in [0.05, 0.1) is 17.7 Å². The van der Waals surface area contributed by atoms with Crippen molar-refractivity contribution in [1.29, 1.82) is 0 Å². The first-order chi connectivity index (χ1) is 10.7. The van der Waals surface area contributed by atoms with Crippen LogP contribution in [0.15, 0.2) is 29.4 Å². The molecule has 0 unspecified atom stereocenters. The van der Waals surface area contributed by atoms with E-state index in [1.807, 2.05) is 6.92 Å². The average Bonchev–Trinajstić information content (AvgIpc) is 3.10. The number of aromatic amines is 1. The van der Waals surface area contributed by atoms with Crippen molar-refractivity contribution >= 4 is 23.6 Å². The molecule has 1 aliphatic heterocycles. The Labute approximate surface area is 131 Å². The largest absolute Gasteiger partial charge is 0.285 e. The summed E-state index contributed by atoms with van der Waals surface area (Å²) >= 11 is 1.40. The molecule has 8 heteroatoms. The number of aromatic nitrogens is 3. The summed E-state index contributed by atoms with van der Waals surface area (Å²) in [4.78, 5) is 33.7. The smallest absolute Gasteiger partial charge is 0.266 e. The molecular formula is C14H14N4O3S. The number of aryl methyl sites for hydroxylation is 1. The van der Waals surface area contributed by atoms with Gasteiger partial charge in [-0.25, -0.2) is 4.98 Å². The number of imide groups is 1. The van der Waals surface area contributed by atoms with Crippen LogP contribution in [0.1, 0.15) is 33.5 Å². The van der Waals surface area contributed by atoms with E-state index in [-0.39, 0.29) is 6.61 Å². The van der Waals surface area contributed by atoms with Gasteiger partial charge in [0, 0.05) is 12.2 Å². The lowest BCUT2D eigenvalue weighted by Gasteiger charge is -2.12. The topological polar surface area (TPSA) is 88.2 Å². The predicted molar refractivity (Wildman–Crippen MR) is 79.4 cm³/mol. The van der Waals surface area contributed by atoms with Gasteiger partial charge in [0.1, 0.15) is 5.82 Å². The number of nitrogens with zero attached hydrogens (tertiary/aromatic N) is 3.